The first-order valence-electron chi connectivity index (χ1n) is 6.72. The topological polar surface area (TPSA) is 65.8 Å². The maximum Gasteiger partial charge on any atom is 0.257 e. The molecule has 0 atom stereocenters. The average Bonchev–Trinajstić information content (AvgIpc) is 2.95. The number of nitrogens with one attached hydrogen (secondary N) is 1. The molecule has 0 aromatic carbocycles. The molecule has 0 spiro atoms. The van der Waals surface area contributed by atoms with Gasteiger partial charge < -0.3 is 5.32 Å². The number of allylic oxidation sites excluding steroid dienone is 6. The van der Waals surface area contributed by atoms with E-state index in [1.54, 1.807) is 12.3 Å². The van der Waals surface area contributed by atoms with Crippen LogP contribution in [0.3, 0.4) is 0 Å². The van der Waals surface area contributed by atoms with Crippen molar-refractivity contribution in [1.29, 1.82) is 5.26 Å². The standard InChI is InChI=1S/C17H11N3O/c1-9-4-11(7-18)16(19-8-9)20-17(21)13-3-2-12-14-5-10(14)6-15(12)13/h2-4,6,8H,5H2,1H3,(H,19,20,21). The lowest BCUT2D eigenvalue weighted by molar-refractivity contribution is -0.112. The van der Waals surface area contributed by atoms with Gasteiger partial charge in [-0.2, -0.15) is 5.26 Å². The number of carbonyl (C=O) groups is 1. The van der Waals surface area contributed by atoms with Crippen LogP contribution >= 0.6 is 0 Å². The van der Waals surface area contributed by atoms with Crippen molar-refractivity contribution in [3.8, 4) is 6.07 Å². The van der Waals surface area contributed by atoms with Crippen molar-refractivity contribution in [2.45, 2.75) is 13.3 Å². The molecule has 0 unspecified atom stereocenters. The smallest absolute Gasteiger partial charge is 0.257 e. The summed E-state index contributed by atoms with van der Waals surface area (Å²) >= 11 is 0. The SMILES string of the molecule is Cc1cnc(NC(=O)C2=C3C=C4CC4=C3C=C2)c(C#N)c1. The number of rotatable bonds is 2. The van der Waals surface area contributed by atoms with Gasteiger partial charge in [0.15, 0.2) is 5.82 Å². The summed E-state index contributed by atoms with van der Waals surface area (Å²) < 4.78 is 0. The van der Waals surface area contributed by atoms with Crippen molar-refractivity contribution in [2.75, 3.05) is 5.32 Å². The zero-order valence-electron chi connectivity index (χ0n) is 11.4. The third-order valence-corrected chi connectivity index (χ3v) is 3.89. The molecule has 3 aliphatic carbocycles. The van der Waals surface area contributed by atoms with Crippen LogP contribution in [-0.2, 0) is 4.79 Å². The van der Waals surface area contributed by atoms with Crippen molar-refractivity contribution < 1.29 is 4.79 Å². The number of pyridine rings is 1. The predicted octanol–water partition coefficient (Wildman–Crippen LogP) is 2.71. The van der Waals surface area contributed by atoms with E-state index in [4.69, 9.17) is 5.26 Å². The maximum atomic E-state index is 12.4. The van der Waals surface area contributed by atoms with Gasteiger partial charge in [0.2, 0.25) is 0 Å². The molecule has 4 heteroatoms. The van der Waals surface area contributed by atoms with Crippen LogP contribution in [0.25, 0.3) is 0 Å². The quantitative estimate of drug-likeness (QED) is 0.901. The molecule has 1 amide bonds. The van der Waals surface area contributed by atoms with E-state index in [1.165, 1.54) is 16.7 Å². The third-order valence-electron chi connectivity index (χ3n) is 3.89. The highest BCUT2D eigenvalue weighted by Gasteiger charge is 2.35. The van der Waals surface area contributed by atoms with E-state index in [9.17, 15) is 4.79 Å². The first kappa shape index (κ1) is 11.9. The fourth-order valence-corrected chi connectivity index (χ4v) is 2.76. The summed E-state index contributed by atoms with van der Waals surface area (Å²) in [6, 6.07) is 3.77. The summed E-state index contributed by atoms with van der Waals surface area (Å²) in [5.74, 6) is 0.0920. The van der Waals surface area contributed by atoms with Crippen LogP contribution in [0.4, 0.5) is 5.82 Å². The molecule has 3 aliphatic rings. The summed E-state index contributed by atoms with van der Waals surface area (Å²) in [7, 11) is 0. The van der Waals surface area contributed by atoms with Gasteiger partial charge in [0.1, 0.15) is 6.07 Å². The minimum Gasteiger partial charge on any atom is -0.305 e. The van der Waals surface area contributed by atoms with Gasteiger partial charge in [-0.05, 0) is 59.4 Å². The van der Waals surface area contributed by atoms with Crippen molar-refractivity contribution in [2.24, 2.45) is 0 Å². The molecular formula is C17H11N3O. The van der Waals surface area contributed by atoms with E-state index in [1.807, 2.05) is 19.1 Å². The minimum atomic E-state index is -0.220. The van der Waals surface area contributed by atoms with Crippen LogP contribution in [0.5, 0.6) is 0 Å². The molecule has 0 aliphatic heterocycles. The Labute approximate surface area is 121 Å². The Kier molecular flexibility index (Phi) is 2.28. The summed E-state index contributed by atoms with van der Waals surface area (Å²) in [6.45, 7) is 1.86. The van der Waals surface area contributed by atoms with Crippen molar-refractivity contribution >= 4 is 11.7 Å². The Morgan fingerprint density at radius 2 is 2.24 bits per heavy atom. The number of fused-ring (bicyclic) bond motifs is 2. The summed E-state index contributed by atoms with van der Waals surface area (Å²) in [5, 5.41) is 11.9. The highest BCUT2D eigenvalue weighted by Crippen LogP contribution is 2.51. The minimum absolute atomic E-state index is 0.220. The molecule has 0 radical (unpaired) electrons. The van der Waals surface area contributed by atoms with Gasteiger partial charge in [-0.1, -0.05) is 6.08 Å². The second kappa shape index (κ2) is 4.03. The van der Waals surface area contributed by atoms with Gasteiger partial charge in [-0.15, -0.1) is 0 Å². The molecule has 1 N–H and O–H groups in total. The average molecular weight is 273 g/mol. The third kappa shape index (κ3) is 1.75. The van der Waals surface area contributed by atoms with Crippen LogP contribution in [-0.4, -0.2) is 10.9 Å². The molecule has 0 saturated heterocycles. The number of nitriles is 1. The Morgan fingerprint density at radius 3 is 3.05 bits per heavy atom. The number of anilines is 1. The number of amides is 1. The summed E-state index contributed by atoms with van der Waals surface area (Å²) in [4.78, 5) is 16.6. The highest BCUT2D eigenvalue weighted by atomic mass is 16.1. The molecule has 1 aromatic rings. The lowest BCUT2D eigenvalue weighted by atomic mass is 10.1. The first-order valence-corrected chi connectivity index (χ1v) is 6.72. The van der Waals surface area contributed by atoms with Crippen molar-refractivity contribution in [3.05, 3.63) is 69.5 Å². The van der Waals surface area contributed by atoms with Crippen LogP contribution < -0.4 is 5.32 Å². The molecule has 100 valence electrons. The fraction of sp³-hybridized carbons (Fsp3) is 0.118. The number of hydrogen-bond donors (Lipinski definition) is 1. The number of carbonyl (C=O) groups excluding carboxylic acids is 1. The molecule has 1 aromatic heterocycles. The molecule has 1 heterocycles. The second-order valence-electron chi connectivity index (χ2n) is 5.37. The summed E-state index contributed by atoms with van der Waals surface area (Å²) in [5.41, 5.74) is 6.77. The van der Waals surface area contributed by atoms with E-state index in [2.05, 4.69) is 22.4 Å². The zero-order valence-corrected chi connectivity index (χ0v) is 11.4. The van der Waals surface area contributed by atoms with Crippen LogP contribution in [0, 0.1) is 18.3 Å². The van der Waals surface area contributed by atoms with Gasteiger partial charge in [0.25, 0.3) is 5.91 Å². The Hall–Kier alpha value is -2.93. The number of aryl methyl sites for hydroxylation is 1. The van der Waals surface area contributed by atoms with Crippen LogP contribution in [0.1, 0.15) is 17.5 Å². The van der Waals surface area contributed by atoms with E-state index >= 15 is 0 Å². The van der Waals surface area contributed by atoms with E-state index in [0.717, 1.165) is 17.6 Å². The lowest BCUT2D eigenvalue weighted by Gasteiger charge is -2.07. The number of hydrogen-bond acceptors (Lipinski definition) is 3. The molecule has 21 heavy (non-hydrogen) atoms. The molecule has 1 fully saturated rings. The van der Waals surface area contributed by atoms with Crippen molar-refractivity contribution in [1.82, 2.24) is 4.98 Å². The van der Waals surface area contributed by atoms with Gasteiger partial charge in [0, 0.05) is 11.8 Å². The molecule has 0 bridgehead atoms. The molecule has 1 saturated carbocycles. The van der Waals surface area contributed by atoms with Gasteiger partial charge in [0.05, 0.1) is 5.56 Å². The van der Waals surface area contributed by atoms with Crippen LogP contribution in [0.15, 0.2) is 58.4 Å². The fourth-order valence-electron chi connectivity index (χ4n) is 2.76. The Bertz CT molecular complexity index is 876. The number of nitrogens with zero attached hydrogens (tertiary/aromatic N) is 2. The summed E-state index contributed by atoms with van der Waals surface area (Å²) in [6.07, 6.45) is 8.59. The first-order chi connectivity index (χ1) is 10.2. The molecule has 4 nitrogen and oxygen atoms in total. The van der Waals surface area contributed by atoms with Gasteiger partial charge in [-0.25, -0.2) is 4.98 Å². The molecule has 4 rings (SSSR count). The van der Waals surface area contributed by atoms with E-state index in [-0.39, 0.29) is 5.91 Å². The predicted molar refractivity (Wildman–Crippen MR) is 78.2 cm³/mol. The lowest BCUT2D eigenvalue weighted by Crippen LogP contribution is -2.16. The largest absolute Gasteiger partial charge is 0.305 e. The Balaban J connectivity index is 1.65. The van der Waals surface area contributed by atoms with Gasteiger partial charge in [-0.3, -0.25) is 4.79 Å². The Morgan fingerprint density at radius 1 is 1.38 bits per heavy atom. The van der Waals surface area contributed by atoms with Crippen molar-refractivity contribution in [3.63, 3.8) is 0 Å². The highest BCUT2D eigenvalue weighted by molar-refractivity contribution is 6.09. The maximum absolute atomic E-state index is 12.4. The van der Waals surface area contributed by atoms with Crippen LogP contribution in [0.2, 0.25) is 0 Å². The normalized spacial score (nSPS) is 17.4. The zero-order chi connectivity index (χ0) is 14.6. The van der Waals surface area contributed by atoms with E-state index < -0.39 is 0 Å². The van der Waals surface area contributed by atoms with Gasteiger partial charge >= 0.3 is 0 Å². The number of aromatic nitrogens is 1. The van der Waals surface area contributed by atoms with E-state index in [0.29, 0.717) is 17.0 Å². The molecular weight excluding hydrogens is 262 g/mol. The monoisotopic (exact) mass is 273 g/mol. The second-order valence-corrected chi connectivity index (χ2v) is 5.37.